The van der Waals surface area contributed by atoms with Gasteiger partial charge in [0, 0.05) is 38.4 Å². The van der Waals surface area contributed by atoms with Crippen molar-refractivity contribution < 1.29 is 14.3 Å². The smallest absolute Gasteiger partial charge is 0.270 e. The molecular weight excluding hydrogens is 358 g/mol. The summed E-state index contributed by atoms with van der Waals surface area (Å²) in [5, 5.41) is 2.92. The Hall–Kier alpha value is -3.16. The van der Waals surface area contributed by atoms with E-state index in [9.17, 15) is 9.59 Å². The number of carbonyl (C=O) groups is 2. The van der Waals surface area contributed by atoms with Gasteiger partial charge in [-0.2, -0.15) is 0 Å². The van der Waals surface area contributed by atoms with Crippen LogP contribution in [0.1, 0.15) is 21.7 Å². The molecule has 0 saturated carbocycles. The number of methoxy groups -OCH3 is 1. The molecule has 2 amide bonds. The molecule has 0 bridgehead atoms. The number of rotatable bonds is 7. The van der Waals surface area contributed by atoms with Crippen molar-refractivity contribution in [2.75, 3.05) is 44.7 Å². The fourth-order valence-electron chi connectivity index (χ4n) is 3.08. The minimum absolute atomic E-state index is 0.221. The predicted molar refractivity (Wildman–Crippen MR) is 106 cm³/mol. The van der Waals surface area contributed by atoms with E-state index < -0.39 is 0 Å². The van der Waals surface area contributed by atoms with Crippen molar-refractivity contribution in [2.24, 2.45) is 0 Å². The van der Waals surface area contributed by atoms with Crippen molar-refractivity contribution in [1.29, 1.82) is 0 Å². The van der Waals surface area contributed by atoms with Crippen LogP contribution in [0.2, 0.25) is 0 Å². The molecule has 0 spiro atoms. The van der Waals surface area contributed by atoms with Crippen molar-refractivity contribution in [2.45, 2.75) is 13.3 Å². The van der Waals surface area contributed by atoms with Gasteiger partial charge in [0.05, 0.1) is 7.11 Å². The molecule has 2 heterocycles. The molecule has 2 aromatic rings. The molecule has 8 heteroatoms. The Balaban J connectivity index is 1.60. The fourth-order valence-corrected chi connectivity index (χ4v) is 3.08. The van der Waals surface area contributed by atoms with Gasteiger partial charge in [0.2, 0.25) is 12.4 Å². The number of carbonyl (C=O) groups excluding carboxylic acids is 2. The number of nitrogens with one attached hydrogen (secondary N) is 1. The van der Waals surface area contributed by atoms with Crippen LogP contribution in [0.4, 0.5) is 5.95 Å². The average Bonchev–Trinajstić information content (AvgIpc) is 2.73. The average molecular weight is 383 g/mol. The van der Waals surface area contributed by atoms with Gasteiger partial charge < -0.3 is 19.9 Å². The summed E-state index contributed by atoms with van der Waals surface area (Å²) in [6, 6.07) is 9.47. The molecule has 0 atom stereocenters. The van der Waals surface area contributed by atoms with E-state index in [0.717, 1.165) is 23.4 Å². The van der Waals surface area contributed by atoms with E-state index in [1.54, 1.807) is 18.1 Å². The Morgan fingerprint density at radius 2 is 2.00 bits per heavy atom. The molecular formula is C20H25N5O3. The van der Waals surface area contributed by atoms with Crippen molar-refractivity contribution >= 4 is 18.3 Å². The molecule has 1 aliphatic heterocycles. The van der Waals surface area contributed by atoms with E-state index in [4.69, 9.17) is 4.74 Å². The van der Waals surface area contributed by atoms with Crippen LogP contribution < -0.4 is 15.0 Å². The van der Waals surface area contributed by atoms with Crippen LogP contribution in [0.25, 0.3) is 0 Å². The fraction of sp³-hybridized carbons (Fsp3) is 0.400. The van der Waals surface area contributed by atoms with E-state index in [1.807, 2.05) is 36.1 Å². The second-order valence-corrected chi connectivity index (χ2v) is 6.68. The standard InChI is InChI=1S/C20H25N5O3/c1-15-12-18(23-20(22-15)25-10-8-24(14-26)9-11-25)19(27)21-7-6-16-4-3-5-17(13-16)28-2/h3-5,12-14H,6-11H2,1-2H3,(H,21,27). The first-order valence-corrected chi connectivity index (χ1v) is 9.30. The predicted octanol–water partition coefficient (Wildman–Crippen LogP) is 1.04. The zero-order valence-electron chi connectivity index (χ0n) is 16.2. The maximum absolute atomic E-state index is 12.5. The lowest BCUT2D eigenvalue weighted by molar-refractivity contribution is -0.118. The van der Waals surface area contributed by atoms with Gasteiger partial charge in [0.15, 0.2) is 0 Å². The molecule has 1 N–H and O–H groups in total. The zero-order chi connectivity index (χ0) is 19.9. The van der Waals surface area contributed by atoms with Crippen LogP contribution >= 0.6 is 0 Å². The number of ether oxygens (including phenoxy) is 1. The molecule has 1 fully saturated rings. The van der Waals surface area contributed by atoms with Gasteiger partial charge in [0.25, 0.3) is 5.91 Å². The first-order chi connectivity index (χ1) is 13.6. The summed E-state index contributed by atoms with van der Waals surface area (Å²) in [6.45, 7) is 4.91. The van der Waals surface area contributed by atoms with Crippen LogP contribution in [0.3, 0.4) is 0 Å². The van der Waals surface area contributed by atoms with Crippen molar-refractivity contribution in [1.82, 2.24) is 20.2 Å². The molecule has 148 valence electrons. The second-order valence-electron chi connectivity index (χ2n) is 6.68. The highest BCUT2D eigenvalue weighted by molar-refractivity contribution is 5.92. The minimum atomic E-state index is -0.221. The van der Waals surface area contributed by atoms with Gasteiger partial charge in [-0.1, -0.05) is 12.1 Å². The molecule has 0 radical (unpaired) electrons. The second kappa shape index (κ2) is 9.16. The van der Waals surface area contributed by atoms with E-state index in [-0.39, 0.29) is 5.91 Å². The topological polar surface area (TPSA) is 87.7 Å². The summed E-state index contributed by atoms with van der Waals surface area (Å²) >= 11 is 0. The number of amides is 2. The number of hydrogen-bond donors (Lipinski definition) is 1. The highest BCUT2D eigenvalue weighted by atomic mass is 16.5. The normalized spacial score (nSPS) is 13.9. The third kappa shape index (κ3) is 4.97. The van der Waals surface area contributed by atoms with Crippen LogP contribution in [-0.4, -0.2) is 67.0 Å². The molecule has 0 unspecified atom stereocenters. The third-order valence-electron chi connectivity index (χ3n) is 4.65. The van der Waals surface area contributed by atoms with E-state index in [1.165, 1.54) is 0 Å². The minimum Gasteiger partial charge on any atom is -0.497 e. The largest absolute Gasteiger partial charge is 0.497 e. The van der Waals surface area contributed by atoms with Crippen molar-refractivity contribution in [3.63, 3.8) is 0 Å². The molecule has 0 aliphatic carbocycles. The zero-order valence-corrected chi connectivity index (χ0v) is 16.2. The molecule has 28 heavy (non-hydrogen) atoms. The number of anilines is 1. The summed E-state index contributed by atoms with van der Waals surface area (Å²) in [5.74, 6) is 1.11. The molecule has 1 aromatic heterocycles. The molecule has 1 aromatic carbocycles. The van der Waals surface area contributed by atoms with Gasteiger partial charge in [-0.3, -0.25) is 9.59 Å². The number of nitrogens with zero attached hydrogens (tertiary/aromatic N) is 4. The van der Waals surface area contributed by atoms with Gasteiger partial charge in [-0.15, -0.1) is 0 Å². The first kappa shape index (κ1) is 19.6. The van der Waals surface area contributed by atoms with Gasteiger partial charge in [-0.25, -0.2) is 9.97 Å². The summed E-state index contributed by atoms with van der Waals surface area (Å²) in [4.78, 5) is 36.0. The van der Waals surface area contributed by atoms with Gasteiger partial charge in [0.1, 0.15) is 11.4 Å². The number of aromatic nitrogens is 2. The Morgan fingerprint density at radius 1 is 1.21 bits per heavy atom. The Kier molecular flexibility index (Phi) is 6.41. The lowest BCUT2D eigenvalue weighted by Gasteiger charge is -2.32. The lowest BCUT2D eigenvalue weighted by Crippen LogP contribution is -2.46. The summed E-state index contributed by atoms with van der Waals surface area (Å²) in [5.41, 5.74) is 2.18. The maximum Gasteiger partial charge on any atom is 0.270 e. The highest BCUT2D eigenvalue weighted by Gasteiger charge is 2.19. The van der Waals surface area contributed by atoms with E-state index in [0.29, 0.717) is 50.8 Å². The third-order valence-corrected chi connectivity index (χ3v) is 4.65. The monoisotopic (exact) mass is 383 g/mol. The van der Waals surface area contributed by atoms with Crippen molar-refractivity contribution in [3.8, 4) is 5.75 Å². The summed E-state index contributed by atoms with van der Waals surface area (Å²) in [6.07, 6.45) is 1.56. The highest BCUT2D eigenvalue weighted by Crippen LogP contribution is 2.14. The lowest BCUT2D eigenvalue weighted by atomic mass is 10.1. The number of benzene rings is 1. The van der Waals surface area contributed by atoms with E-state index in [2.05, 4.69) is 15.3 Å². The van der Waals surface area contributed by atoms with E-state index >= 15 is 0 Å². The Bertz CT molecular complexity index is 834. The number of aryl methyl sites for hydroxylation is 1. The molecule has 3 rings (SSSR count). The Labute approximate surface area is 164 Å². The molecule has 8 nitrogen and oxygen atoms in total. The van der Waals surface area contributed by atoms with Crippen LogP contribution in [0.15, 0.2) is 30.3 Å². The molecule has 1 saturated heterocycles. The SMILES string of the molecule is COc1cccc(CCNC(=O)c2cc(C)nc(N3CCN(C=O)CC3)n2)c1. The van der Waals surface area contributed by atoms with Crippen molar-refractivity contribution in [3.05, 3.63) is 47.3 Å². The van der Waals surface area contributed by atoms with Crippen LogP contribution in [-0.2, 0) is 11.2 Å². The van der Waals surface area contributed by atoms with Gasteiger partial charge in [-0.05, 0) is 37.1 Å². The van der Waals surface area contributed by atoms with Crippen LogP contribution in [0, 0.1) is 6.92 Å². The van der Waals surface area contributed by atoms with Gasteiger partial charge >= 0.3 is 0 Å². The summed E-state index contributed by atoms with van der Waals surface area (Å²) < 4.78 is 5.22. The number of hydrogen-bond acceptors (Lipinski definition) is 6. The summed E-state index contributed by atoms with van der Waals surface area (Å²) in [7, 11) is 1.63. The maximum atomic E-state index is 12.5. The quantitative estimate of drug-likeness (QED) is 0.719. The van der Waals surface area contributed by atoms with Crippen LogP contribution in [0.5, 0.6) is 5.75 Å². The Morgan fingerprint density at radius 3 is 2.71 bits per heavy atom. The number of piperazine rings is 1. The molecule has 1 aliphatic rings. The first-order valence-electron chi connectivity index (χ1n) is 9.30.